The summed E-state index contributed by atoms with van der Waals surface area (Å²) in [6.45, 7) is 8.39. The average Bonchev–Trinajstić information content (AvgIpc) is 1.65. The fraction of sp³-hybridized carbons (Fsp3) is 0.857. The monoisotopic (exact) mass is 113 g/mol. The minimum Gasteiger partial charge on any atom is -0.292 e. The largest absolute Gasteiger partial charge is 0.292 e. The van der Waals surface area contributed by atoms with Gasteiger partial charge in [0.25, 0.3) is 0 Å². The van der Waals surface area contributed by atoms with Crippen LogP contribution < -0.4 is 0 Å². The summed E-state index contributed by atoms with van der Waals surface area (Å²) in [7, 11) is 0. The lowest BCUT2D eigenvalue weighted by atomic mass is 10.3. The third-order valence-electron chi connectivity index (χ3n) is 0.990. The zero-order chi connectivity index (χ0) is 6.57. The molecule has 0 saturated heterocycles. The van der Waals surface area contributed by atoms with E-state index in [0.717, 1.165) is 6.42 Å². The van der Waals surface area contributed by atoms with E-state index in [9.17, 15) is 0 Å². The van der Waals surface area contributed by atoms with Gasteiger partial charge in [-0.1, -0.05) is 6.92 Å². The van der Waals surface area contributed by atoms with E-state index in [1.807, 2.05) is 0 Å². The Morgan fingerprint density at radius 1 is 1.50 bits per heavy atom. The Morgan fingerprint density at radius 2 is 2.00 bits per heavy atom. The second kappa shape index (κ2) is 3.65. The Labute approximate surface area is 51.8 Å². The number of hydrogen-bond acceptors (Lipinski definition) is 1. The highest BCUT2D eigenvalue weighted by Gasteiger charge is 1.87. The second-order valence-corrected chi connectivity index (χ2v) is 2.31. The van der Waals surface area contributed by atoms with Crippen molar-refractivity contribution in [3.63, 3.8) is 0 Å². The summed E-state index contributed by atoms with van der Waals surface area (Å²) in [5.41, 5.74) is 1.25. The molecular formula is C7H15N. The van der Waals surface area contributed by atoms with Crippen molar-refractivity contribution in [1.29, 1.82) is 0 Å². The first kappa shape index (κ1) is 7.67. The quantitative estimate of drug-likeness (QED) is 0.487. The van der Waals surface area contributed by atoms with E-state index >= 15 is 0 Å². The predicted molar refractivity (Wildman–Crippen MR) is 38.5 cm³/mol. The van der Waals surface area contributed by atoms with Crippen LogP contribution in [0, 0.1) is 0 Å². The maximum absolute atomic E-state index is 4.31. The fourth-order valence-corrected chi connectivity index (χ4v) is 0.532. The Balaban J connectivity index is 3.56. The van der Waals surface area contributed by atoms with Gasteiger partial charge in [-0.2, -0.15) is 0 Å². The summed E-state index contributed by atoms with van der Waals surface area (Å²) < 4.78 is 0. The molecule has 0 radical (unpaired) electrons. The van der Waals surface area contributed by atoms with Gasteiger partial charge in [0.1, 0.15) is 0 Å². The van der Waals surface area contributed by atoms with Crippen molar-refractivity contribution in [2.75, 3.05) is 0 Å². The van der Waals surface area contributed by atoms with E-state index < -0.39 is 0 Å². The van der Waals surface area contributed by atoms with Gasteiger partial charge in [-0.15, -0.1) is 0 Å². The van der Waals surface area contributed by atoms with Crippen molar-refractivity contribution in [3.05, 3.63) is 0 Å². The van der Waals surface area contributed by atoms with E-state index in [-0.39, 0.29) is 0 Å². The molecule has 0 spiro atoms. The molecule has 0 bridgehead atoms. The molecule has 0 aromatic rings. The molecule has 0 rings (SSSR count). The highest BCUT2D eigenvalue weighted by molar-refractivity contribution is 5.81. The smallest absolute Gasteiger partial charge is 0.0442 e. The average molecular weight is 113 g/mol. The molecule has 48 valence electrons. The van der Waals surface area contributed by atoms with Gasteiger partial charge in [0.05, 0.1) is 0 Å². The Hall–Kier alpha value is -0.330. The maximum atomic E-state index is 4.31. The number of aliphatic imine (C=N–C) groups is 1. The third-order valence-corrected chi connectivity index (χ3v) is 0.990. The third kappa shape index (κ3) is 3.85. The lowest BCUT2D eigenvalue weighted by molar-refractivity contribution is 0.829. The molecule has 8 heavy (non-hydrogen) atoms. The minimum atomic E-state index is 0.468. The molecule has 0 atom stereocenters. The molecule has 1 heteroatoms. The van der Waals surface area contributed by atoms with Crippen molar-refractivity contribution in [2.24, 2.45) is 4.99 Å². The van der Waals surface area contributed by atoms with Crippen LogP contribution in [0.15, 0.2) is 4.99 Å². The fourth-order valence-electron chi connectivity index (χ4n) is 0.532. The zero-order valence-electron chi connectivity index (χ0n) is 6.23. The Kier molecular flexibility index (Phi) is 3.49. The predicted octanol–water partition coefficient (Wildman–Crippen LogP) is 2.27. The van der Waals surface area contributed by atoms with Gasteiger partial charge < -0.3 is 0 Å². The number of rotatable bonds is 2. The molecule has 1 nitrogen and oxygen atoms in total. The van der Waals surface area contributed by atoms with Gasteiger partial charge in [0, 0.05) is 11.8 Å². The van der Waals surface area contributed by atoms with Gasteiger partial charge in [-0.25, -0.2) is 0 Å². The molecule has 0 aliphatic rings. The summed E-state index contributed by atoms with van der Waals surface area (Å²) in [4.78, 5) is 4.31. The van der Waals surface area contributed by atoms with Crippen LogP contribution in [0.25, 0.3) is 0 Å². The highest BCUT2D eigenvalue weighted by Crippen LogP contribution is 1.90. The van der Waals surface area contributed by atoms with Crippen molar-refractivity contribution in [3.8, 4) is 0 Å². The summed E-state index contributed by atoms with van der Waals surface area (Å²) in [6.07, 6.45) is 1.08. The molecule has 0 fully saturated rings. The lowest BCUT2D eigenvalue weighted by Gasteiger charge is -1.97. The molecule has 0 heterocycles. The van der Waals surface area contributed by atoms with Gasteiger partial charge >= 0.3 is 0 Å². The van der Waals surface area contributed by atoms with Crippen LogP contribution in [-0.4, -0.2) is 11.8 Å². The van der Waals surface area contributed by atoms with Crippen LogP contribution in [0.5, 0.6) is 0 Å². The lowest BCUT2D eigenvalue weighted by Crippen LogP contribution is -1.95. The van der Waals surface area contributed by atoms with Crippen LogP contribution in [-0.2, 0) is 0 Å². The van der Waals surface area contributed by atoms with Gasteiger partial charge in [-0.3, -0.25) is 4.99 Å². The summed E-state index contributed by atoms with van der Waals surface area (Å²) in [5.74, 6) is 0. The summed E-state index contributed by atoms with van der Waals surface area (Å²) >= 11 is 0. The first-order valence-electron chi connectivity index (χ1n) is 3.20. The molecule has 0 aliphatic carbocycles. The molecule has 0 aliphatic heterocycles. The molecular weight excluding hydrogens is 98.1 g/mol. The number of nitrogens with zero attached hydrogens (tertiary/aromatic N) is 1. The van der Waals surface area contributed by atoms with Crippen molar-refractivity contribution in [1.82, 2.24) is 0 Å². The first-order chi connectivity index (χ1) is 3.66. The van der Waals surface area contributed by atoms with E-state index in [4.69, 9.17) is 0 Å². The standard InChI is InChI=1S/C7H15N/c1-5-7(4)8-6(2)3/h6H,5H2,1-4H3/b8-7-. The van der Waals surface area contributed by atoms with Crippen LogP contribution in [0.2, 0.25) is 0 Å². The zero-order valence-corrected chi connectivity index (χ0v) is 6.23. The van der Waals surface area contributed by atoms with E-state index in [1.165, 1.54) is 5.71 Å². The molecule has 0 saturated carbocycles. The van der Waals surface area contributed by atoms with Crippen LogP contribution in [0.4, 0.5) is 0 Å². The molecule has 0 aromatic carbocycles. The Morgan fingerprint density at radius 3 is 2.12 bits per heavy atom. The van der Waals surface area contributed by atoms with Gasteiger partial charge in [0.2, 0.25) is 0 Å². The normalized spacial score (nSPS) is 12.9. The number of hydrogen-bond donors (Lipinski definition) is 0. The maximum Gasteiger partial charge on any atom is 0.0442 e. The first-order valence-corrected chi connectivity index (χ1v) is 3.20. The molecule has 0 amide bonds. The van der Waals surface area contributed by atoms with E-state index in [1.54, 1.807) is 0 Å². The van der Waals surface area contributed by atoms with Crippen LogP contribution in [0.3, 0.4) is 0 Å². The molecule has 0 unspecified atom stereocenters. The minimum absolute atomic E-state index is 0.468. The molecule has 0 N–H and O–H groups in total. The summed E-state index contributed by atoms with van der Waals surface area (Å²) in [6, 6.07) is 0.468. The topological polar surface area (TPSA) is 12.4 Å². The van der Waals surface area contributed by atoms with Crippen LogP contribution in [0.1, 0.15) is 34.1 Å². The van der Waals surface area contributed by atoms with Gasteiger partial charge in [0.15, 0.2) is 0 Å². The van der Waals surface area contributed by atoms with Gasteiger partial charge in [-0.05, 0) is 27.2 Å². The highest BCUT2D eigenvalue weighted by atomic mass is 14.8. The van der Waals surface area contributed by atoms with Crippen molar-refractivity contribution in [2.45, 2.75) is 40.2 Å². The van der Waals surface area contributed by atoms with E-state index in [2.05, 4.69) is 32.7 Å². The SMILES string of the molecule is CC/C(C)=N\C(C)C. The van der Waals surface area contributed by atoms with Crippen molar-refractivity contribution >= 4 is 5.71 Å². The van der Waals surface area contributed by atoms with Crippen LogP contribution >= 0.6 is 0 Å². The summed E-state index contributed by atoms with van der Waals surface area (Å²) in [5, 5.41) is 0. The molecule has 0 aromatic heterocycles. The second-order valence-electron chi connectivity index (χ2n) is 2.31. The van der Waals surface area contributed by atoms with E-state index in [0.29, 0.717) is 6.04 Å². The Bertz CT molecular complexity index is 82.4. The van der Waals surface area contributed by atoms with Crippen molar-refractivity contribution < 1.29 is 0 Å².